The summed E-state index contributed by atoms with van der Waals surface area (Å²) in [7, 11) is 0. The van der Waals surface area contributed by atoms with Gasteiger partial charge in [0.15, 0.2) is 5.76 Å². The van der Waals surface area contributed by atoms with Gasteiger partial charge in [-0.2, -0.15) is 4.98 Å². The lowest BCUT2D eigenvalue weighted by atomic mass is 10.2. The van der Waals surface area contributed by atoms with Crippen LogP contribution in [0.25, 0.3) is 11.6 Å². The van der Waals surface area contributed by atoms with Crippen LogP contribution in [-0.4, -0.2) is 20.1 Å². The van der Waals surface area contributed by atoms with Gasteiger partial charge in [-0.05, 0) is 12.1 Å². The van der Waals surface area contributed by atoms with Crippen LogP contribution in [0.1, 0.15) is 17.6 Å². The van der Waals surface area contributed by atoms with E-state index >= 15 is 0 Å². The number of furan rings is 1. The molecule has 0 unspecified atom stereocenters. The van der Waals surface area contributed by atoms with Crippen LogP contribution in [0, 0.1) is 0 Å². The molecule has 0 radical (unpaired) electrons. The van der Waals surface area contributed by atoms with Crippen molar-refractivity contribution in [3.05, 3.63) is 42.5 Å². The average molecular weight is 245 g/mol. The van der Waals surface area contributed by atoms with Gasteiger partial charge in [0.1, 0.15) is 0 Å². The fourth-order valence-corrected chi connectivity index (χ4v) is 1.61. The minimum absolute atomic E-state index is 0.371. The molecule has 0 aliphatic heterocycles. The number of aromatic amines is 1. The second-order valence-corrected chi connectivity index (χ2v) is 3.82. The maximum Gasteiger partial charge on any atom is 0.244 e. The largest absolute Gasteiger partial charge is 0.461 e. The van der Waals surface area contributed by atoms with E-state index in [1.165, 1.54) is 0 Å². The first kappa shape index (κ1) is 10.7. The van der Waals surface area contributed by atoms with E-state index < -0.39 is 0 Å². The van der Waals surface area contributed by atoms with E-state index in [-0.39, 0.29) is 6.04 Å². The van der Waals surface area contributed by atoms with Crippen LogP contribution in [0.5, 0.6) is 0 Å². The van der Waals surface area contributed by atoms with Crippen LogP contribution < -0.4 is 5.73 Å². The van der Waals surface area contributed by atoms with Gasteiger partial charge in [-0.15, -0.1) is 0 Å². The normalized spacial score (nSPS) is 12.7. The highest BCUT2D eigenvalue weighted by molar-refractivity contribution is 5.44. The molecule has 0 aromatic carbocycles. The molecule has 0 saturated carbocycles. The molecule has 3 aromatic rings. The lowest BCUT2D eigenvalue weighted by molar-refractivity contribution is 0.353. The number of rotatable bonds is 4. The van der Waals surface area contributed by atoms with Gasteiger partial charge in [0.25, 0.3) is 0 Å². The Bertz CT molecular complexity index is 599. The third-order valence-corrected chi connectivity index (χ3v) is 2.50. The second-order valence-electron chi connectivity index (χ2n) is 3.82. The molecule has 0 aliphatic rings. The molecule has 0 saturated heterocycles. The molecule has 7 nitrogen and oxygen atoms in total. The fourth-order valence-electron chi connectivity index (χ4n) is 1.61. The Kier molecular flexibility index (Phi) is 2.66. The summed E-state index contributed by atoms with van der Waals surface area (Å²) < 4.78 is 10.3. The number of hydrogen-bond acceptors (Lipinski definition) is 6. The van der Waals surface area contributed by atoms with Crippen molar-refractivity contribution in [2.24, 2.45) is 5.73 Å². The predicted octanol–water partition coefficient (Wildman–Crippen LogP) is 1.30. The van der Waals surface area contributed by atoms with Crippen LogP contribution >= 0.6 is 0 Å². The zero-order valence-electron chi connectivity index (χ0n) is 9.41. The Morgan fingerprint density at radius 1 is 1.44 bits per heavy atom. The predicted molar refractivity (Wildman–Crippen MR) is 61.2 cm³/mol. The monoisotopic (exact) mass is 245 g/mol. The highest BCUT2D eigenvalue weighted by atomic mass is 16.5. The van der Waals surface area contributed by atoms with Crippen molar-refractivity contribution in [1.82, 2.24) is 20.1 Å². The van der Waals surface area contributed by atoms with Gasteiger partial charge in [0, 0.05) is 18.3 Å². The summed E-state index contributed by atoms with van der Waals surface area (Å²) in [6, 6.07) is 3.15. The molecule has 3 N–H and O–H groups in total. The number of nitrogens with one attached hydrogen (secondary N) is 1. The molecule has 3 heterocycles. The molecule has 0 amide bonds. The van der Waals surface area contributed by atoms with Crippen molar-refractivity contribution in [3.8, 4) is 11.6 Å². The smallest absolute Gasteiger partial charge is 0.244 e. The summed E-state index contributed by atoms with van der Waals surface area (Å²) in [5, 5.41) is 3.82. The van der Waals surface area contributed by atoms with Gasteiger partial charge >= 0.3 is 0 Å². The molecular weight excluding hydrogens is 234 g/mol. The summed E-state index contributed by atoms with van der Waals surface area (Å²) in [6.07, 6.45) is 5.42. The Morgan fingerprint density at radius 2 is 2.39 bits per heavy atom. The molecule has 18 heavy (non-hydrogen) atoms. The van der Waals surface area contributed by atoms with Crippen LogP contribution in [0.3, 0.4) is 0 Å². The van der Waals surface area contributed by atoms with Gasteiger partial charge in [0.05, 0.1) is 18.6 Å². The number of nitrogens with zero attached hydrogens (tertiary/aromatic N) is 3. The van der Waals surface area contributed by atoms with Crippen molar-refractivity contribution in [1.29, 1.82) is 0 Å². The standard InChI is InChI=1S/C11H11N5O2/c12-8(4-7-5-13-6-14-7)11-15-10(16-18-11)9-2-1-3-17-9/h1-3,5-6,8H,4,12H2,(H,13,14)/t8-/m0/s1. The van der Waals surface area contributed by atoms with Crippen LogP contribution in [0.15, 0.2) is 39.9 Å². The van der Waals surface area contributed by atoms with Gasteiger partial charge in [-0.25, -0.2) is 4.98 Å². The number of H-pyrrole nitrogens is 1. The second kappa shape index (κ2) is 4.46. The van der Waals surface area contributed by atoms with Crippen LogP contribution in [0.4, 0.5) is 0 Å². The highest BCUT2D eigenvalue weighted by Crippen LogP contribution is 2.19. The third kappa shape index (κ3) is 2.03. The van der Waals surface area contributed by atoms with E-state index in [2.05, 4.69) is 20.1 Å². The van der Waals surface area contributed by atoms with Gasteiger partial charge in [-0.3, -0.25) is 0 Å². The highest BCUT2D eigenvalue weighted by Gasteiger charge is 2.17. The van der Waals surface area contributed by atoms with Crippen molar-refractivity contribution >= 4 is 0 Å². The Balaban J connectivity index is 1.77. The molecule has 1 atom stereocenters. The molecule has 0 bridgehead atoms. The van der Waals surface area contributed by atoms with Crippen LogP contribution in [-0.2, 0) is 6.42 Å². The lowest BCUT2D eigenvalue weighted by Crippen LogP contribution is -2.13. The van der Waals surface area contributed by atoms with E-state index in [1.54, 1.807) is 30.9 Å². The summed E-state index contributed by atoms with van der Waals surface area (Å²) in [4.78, 5) is 11.1. The summed E-state index contributed by atoms with van der Waals surface area (Å²) in [5.41, 5.74) is 6.90. The van der Waals surface area contributed by atoms with Crippen molar-refractivity contribution in [2.45, 2.75) is 12.5 Å². The average Bonchev–Trinajstić information content (AvgIpc) is 3.11. The topological polar surface area (TPSA) is 107 Å². The zero-order valence-corrected chi connectivity index (χ0v) is 9.41. The molecule has 7 heteroatoms. The quantitative estimate of drug-likeness (QED) is 0.717. The van der Waals surface area contributed by atoms with E-state index in [9.17, 15) is 0 Å². The van der Waals surface area contributed by atoms with Gasteiger partial charge in [0.2, 0.25) is 11.7 Å². The molecule has 0 aliphatic carbocycles. The zero-order chi connectivity index (χ0) is 12.4. The number of nitrogens with two attached hydrogens (primary N) is 1. The fraction of sp³-hybridized carbons (Fsp3) is 0.182. The van der Waals surface area contributed by atoms with Crippen molar-refractivity contribution in [3.63, 3.8) is 0 Å². The first-order valence-electron chi connectivity index (χ1n) is 5.43. The molecule has 3 rings (SSSR count). The van der Waals surface area contributed by atoms with E-state index in [4.69, 9.17) is 14.7 Å². The minimum atomic E-state index is -0.373. The Morgan fingerprint density at radius 3 is 3.11 bits per heavy atom. The molecule has 3 aromatic heterocycles. The third-order valence-electron chi connectivity index (χ3n) is 2.50. The first-order chi connectivity index (χ1) is 8.83. The Hall–Kier alpha value is -2.41. The first-order valence-corrected chi connectivity index (χ1v) is 5.43. The number of aromatic nitrogens is 4. The minimum Gasteiger partial charge on any atom is -0.461 e. The van der Waals surface area contributed by atoms with E-state index in [0.717, 1.165) is 5.69 Å². The van der Waals surface area contributed by atoms with Crippen LogP contribution in [0.2, 0.25) is 0 Å². The molecule has 0 spiro atoms. The SMILES string of the molecule is N[C@@H](Cc1cnc[nH]1)c1nc(-c2ccco2)no1. The molecule has 0 fully saturated rings. The maximum atomic E-state index is 5.98. The summed E-state index contributed by atoms with van der Waals surface area (Å²) >= 11 is 0. The van der Waals surface area contributed by atoms with E-state index in [0.29, 0.717) is 23.9 Å². The van der Waals surface area contributed by atoms with Crippen molar-refractivity contribution < 1.29 is 8.94 Å². The Labute approximate surface area is 102 Å². The van der Waals surface area contributed by atoms with Crippen molar-refractivity contribution in [2.75, 3.05) is 0 Å². The van der Waals surface area contributed by atoms with Gasteiger partial charge in [-0.1, -0.05) is 5.16 Å². The molecular formula is C11H11N5O2. The summed E-state index contributed by atoms with van der Waals surface area (Å²) in [5.74, 6) is 1.32. The van der Waals surface area contributed by atoms with E-state index in [1.807, 2.05) is 0 Å². The summed E-state index contributed by atoms with van der Waals surface area (Å²) in [6.45, 7) is 0. The molecule has 92 valence electrons. The number of hydrogen-bond donors (Lipinski definition) is 2. The lowest BCUT2D eigenvalue weighted by Gasteiger charge is -2.03. The maximum absolute atomic E-state index is 5.98. The van der Waals surface area contributed by atoms with Gasteiger partial charge < -0.3 is 19.7 Å². The number of imidazole rings is 1.